The average Bonchev–Trinajstić information content (AvgIpc) is 2.04. The van der Waals surface area contributed by atoms with Crippen molar-refractivity contribution in [3.05, 3.63) is 35.6 Å². The fourth-order valence-corrected chi connectivity index (χ4v) is 1.51. The summed E-state index contributed by atoms with van der Waals surface area (Å²) in [6.45, 7) is 1.68. The topological polar surface area (TPSA) is 20.2 Å². The van der Waals surface area contributed by atoms with Gasteiger partial charge in [-0.15, -0.1) is 11.6 Å². The Bertz CT molecular complexity index is 258. The number of hydrogen-bond donors (Lipinski definition) is 1. The summed E-state index contributed by atoms with van der Waals surface area (Å²) in [5.74, 6) is -0.273. The maximum atomic E-state index is 12.5. The Balaban J connectivity index is 2.66. The normalized spacial score (nSPS) is 15.4. The highest BCUT2D eigenvalue weighted by Crippen LogP contribution is 2.25. The summed E-state index contributed by atoms with van der Waals surface area (Å²) in [5.41, 5.74) is 0.837. The number of alkyl halides is 1. The lowest BCUT2D eigenvalue weighted by molar-refractivity contribution is 0.183. The Morgan fingerprint density at radius 1 is 1.38 bits per heavy atom. The van der Waals surface area contributed by atoms with Crippen LogP contribution in [0.25, 0.3) is 0 Å². The molecule has 0 aliphatic carbocycles. The van der Waals surface area contributed by atoms with E-state index in [9.17, 15) is 4.39 Å². The lowest BCUT2D eigenvalue weighted by Crippen LogP contribution is -2.04. The molecule has 0 bridgehead atoms. The van der Waals surface area contributed by atoms with Gasteiger partial charge in [0.25, 0.3) is 0 Å². The molecule has 1 N–H and O–H groups in total. The fraction of sp³-hybridized carbons (Fsp3) is 0.400. The van der Waals surface area contributed by atoms with Crippen LogP contribution >= 0.6 is 11.6 Å². The van der Waals surface area contributed by atoms with Gasteiger partial charge in [-0.2, -0.15) is 0 Å². The van der Waals surface area contributed by atoms with Gasteiger partial charge in [0.1, 0.15) is 5.82 Å². The molecule has 13 heavy (non-hydrogen) atoms. The van der Waals surface area contributed by atoms with Crippen molar-refractivity contribution in [1.82, 2.24) is 0 Å². The van der Waals surface area contributed by atoms with Crippen molar-refractivity contribution in [2.75, 3.05) is 0 Å². The van der Waals surface area contributed by atoms with Crippen molar-refractivity contribution in [2.24, 2.45) is 0 Å². The summed E-state index contributed by atoms with van der Waals surface area (Å²) >= 11 is 5.97. The first-order valence-corrected chi connectivity index (χ1v) is 4.61. The molecule has 0 amide bonds. The van der Waals surface area contributed by atoms with Crippen LogP contribution in [0.3, 0.4) is 0 Å². The molecule has 0 aliphatic rings. The van der Waals surface area contributed by atoms with Crippen molar-refractivity contribution in [1.29, 1.82) is 0 Å². The average molecular weight is 203 g/mol. The van der Waals surface area contributed by atoms with Crippen LogP contribution in [-0.4, -0.2) is 11.2 Å². The molecule has 2 atom stereocenters. The minimum Gasteiger partial charge on any atom is -0.393 e. The standard InChI is InChI=1S/C10H12ClFO/c1-7(13)6-10(11)8-2-4-9(12)5-3-8/h2-5,7,10,13H,6H2,1H3. The molecule has 0 saturated heterocycles. The molecule has 1 nitrogen and oxygen atoms in total. The van der Waals surface area contributed by atoms with Crippen molar-refractivity contribution in [3.63, 3.8) is 0 Å². The number of hydrogen-bond acceptors (Lipinski definition) is 1. The molecule has 1 aromatic carbocycles. The highest BCUT2D eigenvalue weighted by molar-refractivity contribution is 6.20. The van der Waals surface area contributed by atoms with Crippen LogP contribution in [0.4, 0.5) is 4.39 Å². The number of aliphatic hydroxyl groups excluding tert-OH is 1. The lowest BCUT2D eigenvalue weighted by Gasteiger charge is -2.11. The third kappa shape index (κ3) is 3.33. The summed E-state index contributed by atoms with van der Waals surface area (Å²) in [6.07, 6.45) is 0.0419. The van der Waals surface area contributed by atoms with E-state index < -0.39 is 6.10 Å². The second-order valence-corrected chi connectivity index (χ2v) is 3.63. The summed E-state index contributed by atoms with van der Waals surface area (Å²) in [4.78, 5) is 0. The quantitative estimate of drug-likeness (QED) is 0.748. The third-order valence-electron chi connectivity index (χ3n) is 1.78. The monoisotopic (exact) mass is 202 g/mol. The van der Waals surface area contributed by atoms with E-state index in [0.29, 0.717) is 6.42 Å². The van der Waals surface area contributed by atoms with Crippen LogP contribution in [0.1, 0.15) is 24.3 Å². The maximum Gasteiger partial charge on any atom is 0.123 e. The second-order valence-electron chi connectivity index (χ2n) is 3.10. The van der Waals surface area contributed by atoms with E-state index in [2.05, 4.69) is 0 Å². The van der Waals surface area contributed by atoms with Gasteiger partial charge >= 0.3 is 0 Å². The fourth-order valence-electron chi connectivity index (χ4n) is 1.11. The van der Waals surface area contributed by atoms with Crippen molar-refractivity contribution in [2.45, 2.75) is 24.8 Å². The van der Waals surface area contributed by atoms with Crippen molar-refractivity contribution in [3.8, 4) is 0 Å². The molecular formula is C10H12ClFO. The third-order valence-corrected chi connectivity index (χ3v) is 2.21. The van der Waals surface area contributed by atoms with E-state index in [1.165, 1.54) is 12.1 Å². The Morgan fingerprint density at radius 3 is 2.38 bits per heavy atom. The zero-order valence-corrected chi connectivity index (χ0v) is 8.13. The number of aliphatic hydroxyl groups is 1. The summed E-state index contributed by atoms with van der Waals surface area (Å²) < 4.78 is 12.5. The largest absolute Gasteiger partial charge is 0.393 e. The van der Waals surface area contributed by atoms with Gasteiger partial charge in [0.05, 0.1) is 11.5 Å². The first-order chi connectivity index (χ1) is 6.09. The Hall–Kier alpha value is -0.600. The smallest absolute Gasteiger partial charge is 0.123 e. The Kier molecular flexibility index (Phi) is 3.70. The van der Waals surface area contributed by atoms with Crippen LogP contribution in [-0.2, 0) is 0 Å². The highest BCUT2D eigenvalue weighted by Gasteiger charge is 2.10. The molecule has 0 spiro atoms. The van der Waals surface area contributed by atoms with E-state index in [1.807, 2.05) is 0 Å². The minimum atomic E-state index is -0.437. The van der Waals surface area contributed by atoms with E-state index in [4.69, 9.17) is 16.7 Å². The molecule has 0 saturated carbocycles. The van der Waals surface area contributed by atoms with Gasteiger partial charge in [-0.05, 0) is 31.0 Å². The molecule has 0 radical (unpaired) electrons. The molecule has 0 aliphatic heterocycles. The molecule has 0 fully saturated rings. The van der Waals surface area contributed by atoms with Crippen LogP contribution in [0, 0.1) is 5.82 Å². The predicted octanol–water partition coefficient (Wildman–Crippen LogP) is 2.88. The molecule has 1 rings (SSSR count). The Labute approximate surface area is 82.2 Å². The second kappa shape index (κ2) is 4.58. The van der Waals surface area contributed by atoms with E-state index in [-0.39, 0.29) is 11.2 Å². The van der Waals surface area contributed by atoms with Gasteiger partial charge in [0, 0.05) is 0 Å². The van der Waals surface area contributed by atoms with Crippen LogP contribution in [0.2, 0.25) is 0 Å². The van der Waals surface area contributed by atoms with Crippen LogP contribution in [0.5, 0.6) is 0 Å². The molecular weight excluding hydrogens is 191 g/mol. The first kappa shape index (κ1) is 10.5. The van der Waals surface area contributed by atoms with Gasteiger partial charge in [-0.3, -0.25) is 0 Å². The van der Waals surface area contributed by atoms with Crippen LogP contribution in [0.15, 0.2) is 24.3 Å². The lowest BCUT2D eigenvalue weighted by atomic mass is 10.1. The zero-order chi connectivity index (χ0) is 9.84. The zero-order valence-electron chi connectivity index (χ0n) is 7.37. The maximum absolute atomic E-state index is 12.5. The van der Waals surface area contributed by atoms with Gasteiger partial charge < -0.3 is 5.11 Å². The molecule has 3 heteroatoms. The predicted molar refractivity (Wildman–Crippen MR) is 51.3 cm³/mol. The van der Waals surface area contributed by atoms with Gasteiger partial charge in [0.2, 0.25) is 0 Å². The summed E-state index contributed by atoms with van der Waals surface area (Å²) in [5, 5.41) is 8.83. The van der Waals surface area contributed by atoms with E-state index >= 15 is 0 Å². The first-order valence-electron chi connectivity index (χ1n) is 4.17. The van der Waals surface area contributed by atoms with E-state index in [1.54, 1.807) is 19.1 Å². The Morgan fingerprint density at radius 2 is 1.92 bits per heavy atom. The van der Waals surface area contributed by atoms with Gasteiger partial charge in [-0.25, -0.2) is 4.39 Å². The summed E-state index contributed by atoms with van der Waals surface area (Å²) in [7, 11) is 0. The number of halogens is 2. The SMILES string of the molecule is CC(O)CC(Cl)c1ccc(F)cc1. The number of rotatable bonds is 3. The van der Waals surface area contributed by atoms with Crippen LogP contribution < -0.4 is 0 Å². The van der Waals surface area contributed by atoms with Crippen molar-refractivity contribution >= 4 is 11.6 Å². The van der Waals surface area contributed by atoms with E-state index in [0.717, 1.165) is 5.56 Å². The molecule has 0 aromatic heterocycles. The van der Waals surface area contributed by atoms with Gasteiger partial charge in [0.15, 0.2) is 0 Å². The molecule has 2 unspecified atom stereocenters. The molecule has 1 aromatic rings. The molecule has 0 heterocycles. The highest BCUT2D eigenvalue weighted by atomic mass is 35.5. The van der Waals surface area contributed by atoms with Gasteiger partial charge in [-0.1, -0.05) is 12.1 Å². The van der Waals surface area contributed by atoms with Crippen molar-refractivity contribution < 1.29 is 9.50 Å². The number of benzene rings is 1. The molecule has 72 valence electrons. The minimum absolute atomic E-state index is 0.249. The summed E-state index contributed by atoms with van der Waals surface area (Å²) in [6, 6.07) is 6.00.